The molecule has 0 unspecified atom stereocenters. The average molecular weight is 451 g/mol. The first-order valence-electron chi connectivity index (χ1n) is 13.3. The Morgan fingerprint density at radius 3 is 2.34 bits per heavy atom. The topological polar surface area (TPSA) is 90.2 Å². The minimum absolute atomic E-state index is 0.128. The molecule has 4 aliphatic carbocycles. The van der Waals surface area contributed by atoms with Gasteiger partial charge in [-0.2, -0.15) is 0 Å². The van der Waals surface area contributed by atoms with Gasteiger partial charge in [0.2, 0.25) is 0 Å². The highest BCUT2D eigenvalue weighted by Crippen LogP contribution is 2.71. The Hall–Kier alpha value is -0.200. The molecule has 0 aromatic rings. The molecule has 5 rings (SSSR count). The summed E-state index contributed by atoms with van der Waals surface area (Å²) in [4.78, 5) is 0. The molecule has 0 amide bonds. The first-order valence-corrected chi connectivity index (χ1v) is 13.3. The van der Waals surface area contributed by atoms with Crippen molar-refractivity contribution in [2.45, 2.75) is 122 Å². The lowest BCUT2D eigenvalue weighted by atomic mass is 9.42. The minimum Gasteiger partial charge on any atom is -0.390 e. The molecular weight excluding hydrogens is 404 g/mol. The summed E-state index contributed by atoms with van der Waals surface area (Å²) < 4.78 is 6.49. The van der Waals surface area contributed by atoms with Gasteiger partial charge in [0.25, 0.3) is 0 Å². The first-order chi connectivity index (χ1) is 14.8. The van der Waals surface area contributed by atoms with E-state index >= 15 is 0 Å². The van der Waals surface area contributed by atoms with Crippen molar-refractivity contribution in [1.29, 1.82) is 0 Å². The molecule has 0 spiro atoms. The Morgan fingerprint density at radius 1 is 0.969 bits per heavy atom. The standard InChI is InChI=1S/C27H46O5/c1-15(2)6-11-27(31)16(3)23-22(32-27)12-19-17-7-10-26(30)14-21(29)20(28)13-25(26,5)18(17)8-9-24(19,23)4/h15-23,28-31H,6-14H2,1-5H3/t16-,17+,18-,19-,20+,21+,22-,23-,24-,25+,26+,27+/m0/s1. The van der Waals surface area contributed by atoms with Crippen molar-refractivity contribution in [1.82, 2.24) is 0 Å². The second-order valence-electron chi connectivity index (χ2n) is 13.4. The van der Waals surface area contributed by atoms with Crippen molar-refractivity contribution >= 4 is 0 Å². The molecule has 12 atom stereocenters. The van der Waals surface area contributed by atoms with Crippen LogP contribution in [0.3, 0.4) is 0 Å². The number of hydrogen-bond donors (Lipinski definition) is 4. The van der Waals surface area contributed by atoms with Crippen LogP contribution >= 0.6 is 0 Å². The van der Waals surface area contributed by atoms with Gasteiger partial charge < -0.3 is 25.2 Å². The van der Waals surface area contributed by atoms with Crippen LogP contribution in [0.15, 0.2) is 0 Å². The summed E-state index contributed by atoms with van der Waals surface area (Å²) >= 11 is 0. The van der Waals surface area contributed by atoms with Crippen LogP contribution in [0.4, 0.5) is 0 Å². The zero-order valence-corrected chi connectivity index (χ0v) is 20.8. The molecule has 5 fully saturated rings. The van der Waals surface area contributed by atoms with Crippen LogP contribution in [0.25, 0.3) is 0 Å². The molecule has 184 valence electrons. The van der Waals surface area contributed by atoms with E-state index in [9.17, 15) is 20.4 Å². The monoisotopic (exact) mass is 450 g/mol. The molecule has 4 N–H and O–H groups in total. The molecule has 1 saturated heterocycles. The predicted octanol–water partition coefficient (Wildman–Crippen LogP) is 3.86. The summed E-state index contributed by atoms with van der Waals surface area (Å²) in [6.07, 6.45) is 5.92. The Labute approximate surface area is 193 Å². The van der Waals surface area contributed by atoms with Gasteiger partial charge in [0.05, 0.1) is 23.9 Å². The van der Waals surface area contributed by atoms with E-state index in [2.05, 4.69) is 34.6 Å². The second-order valence-corrected chi connectivity index (χ2v) is 13.4. The highest BCUT2D eigenvalue weighted by Gasteiger charge is 2.70. The maximum Gasteiger partial charge on any atom is 0.168 e. The smallest absolute Gasteiger partial charge is 0.168 e. The van der Waals surface area contributed by atoms with Gasteiger partial charge in [-0.25, -0.2) is 0 Å². The summed E-state index contributed by atoms with van der Waals surface area (Å²) in [5, 5.41) is 43.9. The third-order valence-corrected chi connectivity index (χ3v) is 11.6. The molecule has 5 aliphatic rings. The van der Waals surface area contributed by atoms with Gasteiger partial charge in [-0.3, -0.25) is 0 Å². The van der Waals surface area contributed by atoms with Crippen LogP contribution in [-0.2, 0) is 4.74 Å². The number of aliphatic hydroxyl groups is 4. The van der Waals surface area contributed by atoms with E-state index in [1.807, 2.05) is 0 Å². The highest BCUT2D eigenvalue weighted by molar-refractivity contribution is 5.18. The van der Waals surface area contributed by atoms with E-state index in [4.69, 9.17) is 4.74 Å². The zero-order chi connectivity index (χ0) is 23.3. The van der Waals surface area contributed by atoms with E-state index in [1.54, 1.807) is 0 Å². The molecule has 4 saturated carbocycles. The van der Waals surface area contributed by atoms with Crippen molar-refractivity contribution in [2.75, 3.05) is 0 Å². The highest BCUT2D eigenvalue weighted by atomic mass is 16.6. The number of ether oxygens (including phenoxy) is 1. The van der Waals surface area contributed by atoms with Crippen LogP contribution in [0.5, 0.6) is 0 Å². The number of hydrogen-bond acceptors (Lipinski definition) is 5. The van der Waals surface area contributed by atoms with E-state index in [1.165, 1.54) is 0 Å². The lowest BCUT2D eigenvalue weighted by molar-refractivity contribution is -0.246. The van der Waals surface area contributed by atoms with Crippen LogP contribution in [-0.4, -0.2) is 50.1 Å². The van der Waals surface area contributed by atoms with Crippen LogP contribution in [0.1, 0.15) is 92.4 Å². The van der Waals surface area contributed by atoms with Gasteiger partial charge in [-0.05, 0) is 80.0 Å². The van der Waals surface area contributed by atoms with E-state index < -0.39 is 23.6 Å². The Morgan fingerprint density at radius 2 is 1.66 bits per heavy atom. The van der Waals surface area contributed by atoms with E-state index in [-0.39, 0.29) is 22.9 Å². The predicted molar refractivity (Wildman–Crippen MR) is 123 cm³/mol. The largest absolute Gasteiger partial charge is 0.390 e. The third-order valence-electron chi connectivity index (χ3n) is 11.6. The van der Waals surface area contributed by atoms with Gasteiger partial charge in [0, 0.05) is 24.2 Å². The Kier molecular flexibility index (Phi) is 5.44. The number of fused-ring (bicyclic) bond motifs is 7. The average Bonchev–Trinajstić information content (AvgIpc) is 3.13. The Balaban J connectivity index is 1.40. The molecule has 32 heavy (non-hydrogen) atoms. The first kappa shape index (κ1) is 23.5. The van der Waals surface area contributed by atoms with Gasteiger partial charge in [0.1, 0.15) is 0 Å². The van der Waals surface area contributed by atoms with Crippen molar-refractivity contribution in [3.8, 4) is 0 Å². The maximum absolute atomic E-state index is 11.6. The Bertz CT molecular complexity index is 742. The van der Waals surface area contributed by atoms with Crippen molar-refractivity contribution in [2.24, 2.45) is 46.3 Å². The molecule has 1 heterocycles. The summed E-state index contributed by atoms with van der Waals surface area (Å²) in [7, 11) is 0. The fourth-order valence-corrected chi connectivity index (χ4v) is 9.72. The molecule has 0 bridgehead atoms. The second kappa shape index (κ2) is 7.40. The van der Waals surface area contributed by atoms with Crippen LogP contribution in [0.2, 0.25) is 0 Å². The van der Waals surface area contributed by atoms with E-state index in [0.29, 0.717) is 48.9 Å². The molecule has 0 aromatic heterocycles. The normalized spacial score (nSPS) is 59.4. The lowest BCUT2D eigenvalue weighted by Gasteiger charge is -2.64. The SMILES string of the molecule is CC(C)CC[C@@]1(O)O[C@H]2C[C@H]3[C@@H]4CC[C@@]5(O)C[C@@H](O)[C@H](O)C[C@]5(C)[C@H]4CC[C@]3(C)[C@H]2[C@@H]1C. The quantitative estimate of drug-likeness (QED) is 0.524. The molecule has 5 nitrogen and oxygen atoms in total. The minimum atomic E-state index is -0.993. The van der Waals surface area contributed by atoms with Crippen molar-refractivity contribution in [3.05, 3.63) is 0 Å². The summed E-state index contributed by atoms with van der Waals surface area (Å²) in [6, 6.07) is 0. The van der Waals surface area contributed by atoms with Crippen molar-refractivity contribution in [3.63, 3.8) is 0 Å². The lowest BCUT2D eigenvalue weighted by Crippen LogP contribution is -2.65. The fraction of sp³-hybridized carbons (Fsp3) is 1.00. The third kappa shape index (κ3) is 3.07. The van der Waals surface area contributed by atoms with Gasteiger partial charge in [-0.15, -0.1) is 0 Å². The summed E-state index contributed by atoms with van der Waals surface area (Å²) in [5.74, 6) is 1.52. The molecule has 0 aromatic carbocycles. The van der Waals surface area contributed by atoms with Crippen molar-refractivity contribution < 1.29 is 25.2 Å². The van der Waals surface area contributed by atoms with Crippen LogP contribution in [0, 0.1) is 46.3 Å². The van der Waals surface area contributed by atoms with Gasteiger partial charge >= 0.3 is 0 Å². The molecule has 5 heteroatoms. The number of aliphatic hydroxyl groups excluding tert-OH is 2. The molecular formula is C27H46O5. The summed E-state index contributed by atoms with van der Waals surface area (Å²) in [5.41, 5.74) is -1.07. The summed E-state index contributed by atoms with van der Waals surface area (Å²) in [6.45, 7) is 11.3. The van der Waals surface area contributed by atoms with E-state index in [0.717, 1.165) is 38.5 Å². The van der Waals surface area contributed by atoms with Gasteiger partial charge in [-0.1, -0.05) is 34.6 Å². The fourth-order valence-electron chi connectivity index (χ4n) is 9.72. The molecule has 1 aliphatic heterocycles. The number of rotatable bonds is 3. The van der Waals surface area contributed by atoms with Crippen LogP contribution < -0.4 is 0 Å². The maximum atomic E-state index is 11.6. The molecule has 0 radical (unpaired) electrons. The van der Waals surface area contributed by atoms with Gasteiger partial charge in [0.15, 0.2) is 5.79 Å². The zero-order valence-electron chi connectivity index (χ0n) is 20.8.